The number of aromatic amines is 1. The maximum atomic E-state index is 11.2. The SMILES string of the molecule is NC(=O)NC(=O)CC(C(=O)O)c1ccn[nH]1. The fraction of sp³-hybridized carbons (Fsp3) is 0.250. The summed E-state index contributed by atoms with van der Waals surface area (Å²) in [6.45, 7) is 0. The smallest absolute Gasteiger partial charge is 0.318 e. The van der Waals surface area contributed by atoms with Crippen LogP contribution in [0.25, 0.3) is 0 Å². The zero-order chi connectivity index (χ0) is 12.1. The van der Waals surface area contributed by atoms with Crippen LogP contribution in [-0.2, 0) is 9.59 Å². The molecule has 0 radical (unpaired) electrons. The lowest BCUT2D eigenvalue weighted by Gasteiger charge is -2.08. The van der Waals surface area contributed by atoms with Gasteiger partial charge in [-0.05, 0) is 6.07 Å². The first-order chi connectivity index (χ1) is 7.50. The highest BCUT2D eigenvalue weighted by molar-refractivity contribution is 5.95. The lowest BCUT2D eigenvalue weighted by Crippen LogP contribution is -2.36. The number of aromatic nitrogens is 2. The standard InChI is InChI=1S/C8H10N4O4/c9-8(16)11-6(13)3-4(7(14)15)5-1-2-10-12-5/h1-2,4H,3H2,(H,10,12)(H,14,15)(H3,9,11,13,16). The summed E-state index contributed by atoms with van der Waals surface area (Å²) in [5.74, 6) is -3.03. The van der Waals surface area contributed by atoms with Gasteiger partial charge >= 0.3 is 12.0 Å². The molecule has 0 spiro atoms. The Hall–Kier alpha value is -2.38. The molecular formula is C8H10N4O4. The Morgan fingerprint density at radius 3 is 2.69 bits per heavy atom. The van der Waals surface area contributed by atoms with Crippen molar-refractivity contribution in [2.75, 3.05) is 0 Å². The predicted molar refractivity (Wildman–Crippen MR) is 51.3 cm³/mol. The van der Waals surface area contributed by atoms with E-state index in [1.165, 1.54) is 12.3 Å². The largest absolute Gasteiger partial charge is 0.481 e. The van der Waals surface area contributed by atoms with Crippen molar-refractivity contribution in [1.29, 1.82) is 0 Å². The van der Waals surface area contributed by atoms with Gasteiger partial charge in [0.05, 0.1) is 0 Å². The Morgan fingerprint density at radius 2 is 2.25 bits per heavy atom. The van der Waals surface area contributed by atoms with Gasteiger partial charge in [0.15, 0.2) is 0 Å². The fourth-order valence-corrected chi connectivity index (χ4v) is 1.16. The number of aliphatic carboxylic acids is 1. The minimum Gasteiger partial charge on any atom is -0.481 e. The summed E-state index contributed by atoms with van der Waals surface area (Å²) >= 11 is 0. The van der Waals surface area contributed by atoms with Crippen LogP contribution in [0.2, 0.25) is 0 Å². The van der Waals surface area contributed by atoms with Crippen molar-refractivity contribution in [3.63, 3.8) is 0 Å². The van der Waals surface area contributed by atoms with Crippen molar-refractivity contribution in [1.82, 2.24) is 15.5 Å². The maximum Gasteiger partial charge on any atom is 0.318 e. The summed E-state index contributed by atoms with van der Waals surface area (Å²) in [4.78, 5) is 32.4. The molecule has 1 aromatic rings. The Labute approximate surface area is 89.8 Å². The van der Waals surface area contributed by atoms with Gasteiger partial charge in [0, 0.05) is 18.3 Å². The van der Waals surface area contributed by atoms with Crippen LogP contribution in [0.1, 0.15) is 18.0 Å². The number of nitrogens with two attached hydrogens (primary N) is 1. The van der Waals surface area contributed by atoms with E-state index in [0.29, 0.717) is 0 Å². The molecule has 1 atom stereocenters. The summed E-state index contributed by atoms with van der Waals surface area (Å²) in [6, 6.07) is 0.426. The molecule has 0 fully saturated rings. The number of nitrogens with zero attached hydrogens (tertiary/aromatic N) is 1. The Morgan fingerprint density at radius 1 is 1.56 bits per heavy atom. The molecule has 0 saturated carbocycles. The molecule has 0 aromatic carbocycles. The number of hydrogen-bond donors (Lipinski definition) is 4. The predicted octanol–water partition coefficient (Wildman–Crippen LogP) is -0.837. The quantitative estimate of drug-likeness (QED) is 0.530. The van der Waals surface area contributed by atoms with E-state index in [1.807, 2.05) is 0 Å². The number of hydrogen-bond acceptors (Lipinski definition) is 4. The number of H-pyrrole nitrogens is 1. The first-order valence-electron chi connectivity index (χ1n) is 4.32. The number of carbonyl (C=O) groups is 3. The van der Waals surface area contributed by atoms with Crippen LogP contribution in [0.4, 0.5) is 4.79 Å². The number of imide groups is 1. The molecule has 0 aliphatic rings. The van der Waals surface area contributed by atoms with Crippen LogP contribution < -0.4 is 11.1 Å². The van der Waals surface area contributed by atoms with Crippen molar-refractivity contribution >= 4 is 17.9 Å². The average Bonchev–Trinajstić information content (AvgIpc) is 2.64. The number of nitrogens with one attached hydrogen (secondary N) is 2. The first kappa shape index (κ1) is 11.7. The van der Waals surface area contributed by atoms with Gasteiger partial charge in [-0.1, -0.05) is 0 Å². The lowest BCUT2D eigenvalue weighted by molar-refractivity contribution is -0.140. The van der Waals surface area contributed by atoms with E-state index in [2.05, 4.69) is 10.2 Å². The summed E-state index contributed by atoms with van der Waals surface area (Å²) in [5.41, 5.74) is 5.01. The monoisotopic (exact) mass is 226 g/mol. The molecular weight excluding hydrogens is 216 g/mol. The highest BCUT2D eigenvalue weighted by Crippen LogP contribution is 2.16. The third-order valence-corrected chi connectivity index (χ3v) is 1.85. The molecule has 1 heterocycles. The van der Waals surface area contributed by atoms with Crippen LogP contribution in [0.3, 0.4) is 0 Å². The number of carbonyl (C=O) groups excluding carboxylic acids is 2. The molecule has 3 amide bonds. The van der Waals surface area contributed by atoms with Crippen LogP contribution in [0, 0.1) is 0 Å². The molecule has 16 heavy (non-hydrogen) atoms. The third kappa shape index (κ3) is 3.08. The van der Waals surface area contributed by atoms with Gasteiger partial charge in [0.1, 0.15) is 5.92 Å². The molecule has 8 heteroatoms. The highest BCUT2D eigenvalue weighted by Gasteiger charge is 2.24. The number of rotatable bonds is 4. The minimum atomic E-state index is -1.19. The van der Waals surface area contributed by atoms with E-state index in [9.17, 15) is 14.4 Å². The second-order valence-corrected chi connectivity index (χ2v) is 3.02. The number of amides is 3. The van der Waals surface area contributed by atoms with Gasteiger partial charge in [0.25, 0.3) is 0 Å². The molecule has 1 aromatic heterocycles. The Bertz CT molecular complexity index is 400. The van der Waals surface area contributed by atoms with E-state index in [0.717, 1.165) is 0 Å². The van der Waals surface area contributed by atoms with Gasteiger partial charge < -0.3 is 10.8 Å². The van der Waals surface area contributed by atoms with Crippen molar-refractivity contribution in [3.05, 3.63) is 18.0 Å². The summed E-state index contributed by atoms with van der Waals surface area (Å²) in [7, 11) is 0. The summed E-state index contributed by atoms with van der Waals surface area (Å²) in [6.07, 6.45) is 0.984. The summed E-state index contributed by atoms with van der Waals surface area (Å²) < 4.78 is 0. The highest BCUT2D eigenvalue weighted by atomic mass is 16.4. The molecule has 0 bridgehead atoms. The number of carboxylic acids is 1. The number of carboxylic acid groups (broad SMARTS) is 1. The minimum absolute atomic E-state index is 0.284. The van der Waals surface area contributed by atoms with E-state index in [-0.39, 0.29) is 12.1 Å². The lowest BCUT2D eigenvalue weighted by atomic mass is 10.0. The normalized spacial score (nSPS) is 11.8. The molecule has 0 aliphatic heterocycles. The first-order valence-corrected chi connectivity index (χ1v) is 4.32. The number of primary amides is 1. The van der Waals surface area contributed by atoms with Crippen molar-refractivity contribution in [2.24, 2.45) is 5.73 Å². The average molecular weight is 226 g/mol. The topological polar surface area (TPSA) is 138 Å². The van der Waals surface area contributed by atoms with Crippen molar-refractivity contribution in [2.45, 2.75) is 12.3 Å². The molecule has 0 aliphatic carbocycles. The van der Waals surface area contributed by atoms with Gasteiger partial charge in [-0.2, -0.15) is 5.10 Å². The third-order valence-electron chi connectivity index (χ3n) is 1.85. The molecule has 1 rings (SSSR count). The Balaban J connectivity index is 2.70. The zero-order valence-corrected chi connectivity index (χ0v) is 8.14. The molecule has 8 nitrogen and oxygen atoms in total. The van der Waals surface area contributed by atoms with Crippen LogP contribution in [0.5, 0.6) is 0 Å². The number of urea groups is 1. The van der Waals surface area contributed by atoms with Gasteiger partial charge in [-0.25, -0.2) is 4.79 Å². The van der Waals surface area contributed by atoms with Gasteiger partial charge in [-0.15, -0.1) is 0 Å². The maximum absolute atomic E-state index is 11.2. The van der Waals surface area contributed by atoms with Crippen molar-refractivity contribution < 1.29 is 19.5 Å². The van der Waals surface area contributed by atoms with Crippen LogP contribution in [0.15, 0.2) is 12.3 Å². The van der Waals surface area contributed by atoms with E-state index < -0.39 is 23.8 Å². The van der Waals surface area contributed by atoms with Gasteiger partial charge in [-0.3, -0.25) is 20.0 Å². The fourth-order valence-electron chi connectivity index (χ4n) is 1.16. The molecule has 0 saturated heterocycles. The van der Waals surface area contributed by atoms with Crippen LogP contribution >= 0.6 is 0 Å². The van der Waals surface area contributed by atoms with Crippen molar-refractivity contribution in [3.8, 4) is 0 Å². The van der Waals surface area contributed by atoms with E-state index >= 15 is 0 Å². The van der Waals surface area contributed by atoms with E-state index in [4.69, 9.17) is 10.8 Å². The summed E-state index contributed by atoms with van der Waals surface area (Å²) in [5, 5.41) is 16.7. The molecule has 5 N–H and O–H groups in total. The molecule has 86 valence electrons. The Kier molecular flexibility index (Phi) is 3.59. The second-order valence-electron chi connectivity index (χ2n) is 3.02. The van der Waals surface area contributed by atoms with E-state index in [1.54, 1.807) is 5.32 Å². The van der Waals surface area contributed by atoms with Gasteiger partial charge in [0.2, 0.25) is 5.91 Å². The molecule has 1 unspecified atom stereocenters. The second kappa shape index (κ2) is 4.91. The van der Waals surface area contributed by atoms with Crippen LogP contribution in [-0.4, -0.2) is 33.2 Å². The zero-order valence-electron chi connectivity index (χ0n) is 8.14.